The molecule has 2 atom stereocenters. The van der Waals surface area contributed by atoms with Crippen LogP contribution in [0.3, 0.4) is 0 Å². The van der Waals surface area contributed by atoms with E-state index in [1.165, 1.54) is 12.1 Å². The monoisotopic (exact) mass is 209 g/mol. The summed E-state index contributed by atoms with van der Waals surface area (Å²) < 4.78 is 1.94. The van der Waals surface area contributed by atoms with Gasteiger partial charge in [0.25, 0.3) is 0 Å². The Labute approximate surface area is 92.7 Å². The highest BCUT2D eigenvalue weighted by molar-refractivity contribution is 5.09. The van der Waals surface area contributed by atoms with Crippen LogP contribution in [0, 0.1) is 12.8 Å². The van der Waals surface area contributed by atoms with Crippen LogP contribution < -0.4 is 5.73 Å². The Balaban J connectivity index is 2.50. The Hall–Kier alpha value is -0.830. The van der Waals surface area contributed by atoms with Gasteiger partial charge in [0.15, 0.2) is 0 Å². The number of aryl methyl sites for hydroxylation is 2. The highest BCUT2D eigenvalue weighted by Crippen LogP contribution is 2.12. The summed E-state index contributed by atoms with van der Waals surface area (Å²) in [5.74, 6) is 0.717. The predicted octanol–water partition coefficient (Wildman–Crippen LogP) is 2.03. The third-order valence-corrected chi connectivity index (χ3v) is 2.97. The summed E-state index contributed by atoms with van der Waals surface area (Å²) in [5.41, 5.74) is 8.43. The molecular weight excluding hydrogens is 186 g/mol. The van der Waals surface area contributed by atoms with Crippen molar-refractivity contribution >= 4 is 0 Å². The zero-order valence-electron chi connectivity index (χ0n) is 10.3. The molecule has 1 aromatic heterocycles. The van der Waals surface area contributed by atoms with E-state index in [-0.39, 0.29) is 6.04 Å². The molecule has 0 bridgehead atoms. The molecule has 0 fully saturated rings. The van der Waals surface area contributed by atoms with Crippen LogP contribution in [-0.4, -0.2) is 15.8 Å². The summed E-state index contributed by atoms with van der Waals surface area (Å²) in [6.07, 6.45) is 3.24. The highest BCUT2D eigenvalue weighted by atomic mass is 15.3. The predicted molar refractivity (Wildman–Crippen MR) is 63.7 cm³/mol. The maximum Gasteiger partial charge on any atom is 0.0596 e. The Morgan fingerprint density at radius 1 is 1.53 bits per heavy atom. The molecule has 0 saturated heterocycles. The molecule has 1 aromatic rings. The first-order chi connectivity index (χ1) is 7.02. The smallest absolute Gasteiger partial charge is 0.0596 e. The normalized spacial score (nSPS) is 15.3. The van der Waals surface area contributed by atoms with Gasteiger partial charge >= 0.3 is 0 Å². The average molecular weight is 209 g/mol. The molecule has 1 heterocycles. The first-order valence-corrected chi connectivity index (χ1v) is 5.78. The molecule has 3 nitrogen and oxygen atoms in total. The van der Waals surface area contributed by atoms with Crippen LogP contribution in [0.25, 0.3) is 0 Å². The van der Waals surface area contributed by atoms with Gasteiger partial charge in [0, 0.05) is 25.2 Å². The summed E-state index contributed by atoms with van der Waals surface area (Å²) in [6, 6.07) is 2.38. The van der Waals surface area contributed by atoms with Crippen molar-refractivity contribution in [3.63, 3.8) is 0 Å². The molecule has 0 spiro atoms. The maximum absolute atomic E-state index is 6.12. The second-order valence-electron chi connectivity index (χ2n) is 4.61. The Kier molecular flexibility index (Phi) is 4.33. The van der Waals surface area contributed by atoms with Crippen molar-refractivity contribution in [3.8, 4) is 0 Å². The van der Waals surface area contributed by atoms with Crippen LogP contribution in [0.4, 0.5) is 0 Å². The van der Waals surface area contributed by atoms with E-state index < -0.39 is 0 Å². The summed E-state index contributed by atoms with van der Waals surface area (Å²) in [6.45, 7) is 6.49. The lowest BCUT2D eigenvalue weighted by Crippen LogP contribution is -2.26. The summed E-state index contributed by atoms with van der Waals surface area (Å²) >= 11 is 0. The zero-order valence-corrected chi connectivity index (χ0v) is 10.3. The third-order valence-electron chi connectivity index (χ3n) is 2.97. The van der Waals surface area contributed by atoms with Crippen LogP contribution in [0.15, 0.2) is 6.07 Å². The number of hydrogen-bond donors (Lipinski definition) is 1. The second kappa shape index (κ2) is 5.31. The minimum Gasteiger partial charge on any atom is -0.327 e. The van der Waals surface area contributed by atoms with Crippen molar-refractivity contribution in [2.45, 2.75) is 46.1 Å². The fourth-order valence-electron chi connectivity index (χ4n) is 1.89. The van der Waals surface area contributed by atoms with Crippen LogP contribution in [-0.2, 0) is 13.5 Å². The Morgan fingerprint density at radius 2 is 2.20 bits per heavy atom. The van der Waals surface area contributed by atoms with Crippen LogP contribution in [0.1, 0.15) is 38.1 Å². The molecule has 3 heteroatoms. The molecule has 0 saturated carbocycles. The van der Waals surface area contributed by atoms with Crippen LogP contribution in [0.5, 0.6) is 0 Å². The van der Waals surface area contributed by atoms with E-state index >= 15 is 0 Å². The van der Waals surface area contributed by atoms with Gasteiger partial charge in [0.05, 0.1) is 5.69 Å². The number of hydrogen-bond acceptors (Lipinski definition) is 2. The van der Waals surface area contributed by atoms with Crippen molar-refractivity contribution in [1.82, 2.24) is 9.78 Å². The SMILES string of the molecule is CCC(C)CC(N)Cc1cc(C)nn1C. The molecule has 86 valence electrons. The van der Waals surface area contributed by atoms with Crippen molar-refractivity contribution in [2.24, 2.45) is 18.7 Å². The first-order valence-electron chi connectivity index (χ1n) is 5.78. The van der Waals surface area contributed by atoms with E-state index in [0.717, 1.165) is 18.5 Å². The molecule has 0 amide bonds. The van der Waals surface area contributed by atoms with Gasteiger partial charge in [0.1, 0.15) is 0 Å². The first kappa shape index (κ1) is 12.2. The minimum absolute atomic E-state index is 0.259. The maximum atomic E-state index is 6.12. The molecule has 2 N–H and O–H groups in total. The zero-order chi connectivity index (χ0) is 11.4. The molecule has 0 aliphatic rings. The number of nitrogens with two attached hydrogens (primary N) is 1. The highest BCUT2D eigenvalue weighted by Gasteiger charge is 2.11. The van der Waals surface area contributed by atoms with Gasteiger partial charge in [-0.15, -0.1) is 0 Å². The van der Waals surface area contributed by atoms with Crippen molar-refractivity contribution in [1.29, 1.82) is 0 Å². The van der Waals surface area contributed by atoms with Gasteiger partial charge in [-0.05, 0) is 25.3 Å². The fraction of sp³-hybridized carbons (Fsp3) is 0.750. The minimum atomic E-state index is 0.259. The van der Waals surface area contributed by atoms with Gasteiger partial charge in [-0.25, -0.2) is 0 Å². The lowest BCUT2D eigenvalue weighted by atomic mass is 9.97. The molecule has 0 aliphatic heterocycles. The molecule has 0 radical (unpaired) electrons. The van der Waals surface area contributed by atoms with Crippen molar-refractivity contribution in [2.75, 3.05) is 0 Å². The summed E-state index contributed by atoms with van der Waals surface area (Å²) in [5, 5.41) is 4.32. The van der Waals surface area contributed by atoms with E-state index in [2.05, 4.69) is 25.0 Å². The summed E-state index contributed by atoms with van der Waals surface area (Å²) in [4.78, 5) is 0. The lowest BCUT2D eigenvalue weighted by molar-refractivity contribution is 0.444. The largest absolute Gasteiger partial charge is 0.327 e. The van der Waals surface area contributed by atoms with Gasteiger partial charge in [-0.1, -0.05) is 20.3 Å². The molecule has 0 aliphatic carbocycles. The molecule has 2 unspecified atom stereocenters. The van der Waals surface area contributed by atoms with Gasteiger partial charge in [-0.2, -0.15) is 5.10 Å². The Morgan fingerprint density at radius 3 is 2.67 bits per heavy atom. The number of aromatic nitrogens is 2. The van der Waals surface area contributed by atoms with Crippen LogP contribution >= 0.6 is 0 Å². The second-order valence-corrected chi connectivity index (χ2v) is 4.61. The van der Waals surface area contributed by atoms with Crippen molar-refractivity contribution in [3.05, 3.63) is 17.5 Å². The van der Waals surface area contributed by atoms with Crippen LogP contribution in [0.2, 0.25) is 0 Å². The fourth-order valence-corrected chi connectivity index (χ4v) is 1.89. The van der Waals surface area contributed by atoms with E-state index in [9.17, 15) is 0 Å². The van der Waals surface area contributed by atoms with E-state index in [1.807, 2.05) is 18.7 Å². The number of rotatable bonds is 5. The molecular formula is C12H23N3. The Bertz CT molecular complexity index is 304. The third kappa shape index (κ3) is 3.67. The molecule has 15 heavy (non-hydrogen) atoms. The van der Waals surface area contributed by atoms with Gasteiger partial charge < -0.3 is 5.73 Å². The average Bonchev–Trinajstić information content (AvgIpc) is 2.44. The standard InChI is InChI=1S/C12H23N3/c1-5-9(2)6-11(13)8-12-7-10(3)14-15(12)4/h7,9,11H,5-6,8,13H2,1-4H3. The number of nitrogens with zero attached hydrogens (tertiary/aromatic N) is 2. The van der Waals surface area contributed by atoms with Gasteiger partial charge in [0.2, 0.25) is 0 Å². The lowest BCUT2D eigenvalue weighted by Gasteiger charge is -2.15. The van der Waals surface area contributed by atoms with Crippen molar-refractivity contribution < 1.29 is 0 Å². The van der Waals surface area contributed by atoms with E-state index in [1.54, 1.807) is 0 Å². The van der Waals surface area contributed by atoms with E-state index in [4.69, 9.17) is 5.73 Å². The van der Waals surface area contributed by atoms with E-state index in [0.29, 0.717) is 5.92 Å². The quantitative estimate of drug-likeness (QED) is 0.806. The molecule has 0 aromatic carbocycles. The summed E-state index contributed by atoms with van der Waals surface area (Å²) in [7, 11) is 1.98. The molecule has 1 rings (SSSR count). The van der Waals surface area contributed by atoms with Gasteiger partial charge in [-0.3, -0.25) is 4.68 Å². The topological polar surface area (TPSA) is 43.8 Å².